The molecule has 0 aliphatic rings. The van der Waals surface area contributed by atoms with Crippen LogP contribution < -0.4 is 10.1 Å². The molecule has 0 saturated carbocycles. The normalized spacial score (nSPS) is 11.3. The Morgan fingerprint density at radius 1 is 1.09 bits per heavy atom. The minimum Gasteiger partial charge on any atom is -0.392 e. The molecule has 2 aromatic carbocycles. The van der Waals surface area contributed by atoms with Gasteiger partial charge in [-0.2, -0.15) is 13.2 Å². The zero-order valence-corrected chi connectivity index (χ0v) is 20.2. The number of nitrogens with one attached hydrogen (secondary N) is 1. The lowest BCUT2D eigenvalue weighted by Gasteiger charge is -2.20. The SMILES string of the molecule is CC(=O)NCCN(C)C(=O)Oc1c(-c2ccc(Cl)cc2)c(C)c(C(F)(F)F)n1Cc1ccccc1. The number of halogens is 4. The van der Waals surface area contributed by atoms with Gasteiger partial charge in [0.25, 0.3) is 0 Å². The van der Waals surface area contributed by atoms with Gasteiger partial charge in [-0.25, -0.2) is 4.79 Å². The fraction of sp³-hybridized carbons (Fsp3) is 0.280. The molecule has 0 saturated heterocycles. The molecule has 35 heavy (non-hydrogen) atoms. The first-order valence-corrected chi connectivity index (χ1v) is 11.1. The van der Waals surface area contributed by atoms with Crippen LogP contribution in [0.25, 0.3) is 11.1 Å². The molecule has 3 rings (SSSR count). The fourth-order valence-corrected chi connectivity index (χ4v) is 3.84. The van der Waals surface area contributed by atoms with Crippen molar-refractivity contribution >= 4 is 23.6 Å². The molecule has 1 N–H and O–H groups in total. The number of alkyl halides is 3. The van der Waals surface area contributed by atoms with Crippen molar-refractivity contribution in [2.45, 2.75) is 26.6 Å². The molecule has 186 valence electrons. The van der Waals surface area contributed by atoms with E-state index >= 15 is 0 Å². The van der Waals surface area contributed by atoms with Crippen molar-refractivity contribution in [2.75, 3.05) is 20.1 Å². The lowest BCUT2D eigenvalue weighted by Crippen LogP contribution is -2.37. The van der Waals surface area contributed by atoms with Crippen LogP contribution in [-0.2, 0) is 17.5 Å². The van der Waals surface area contributed by atoms with Crippen LogP contribution in [0.1, 0.15) is 23.7 Å². The highest BCUT2D eigenvalue weighted by molar-refractivity contribution is 6.30. The van der Waals surface area contributed by atoms with Gasteiger partial charge in [0.2, 0.25) is 11.8 Å². The standard InChI is InChI=1S/C25H25ClF3N3O3/c1-16-21(19-9-11-20(26)12-10-19)23(35-24(34)31(3)14-13-30-17(2)33)32(22(16)25(27,28)29)15-18-7-5-4-6-8-18/h4-12H,13-15H2,1-3H3,(H,30,33). The molecule has 0 aliphatic heterocycles. The summed E-state index contributed by atoms with van der Waals surface area (Å²) in [5.41, 5.74) is 0.197. The third-order valence-corrected chi connectivity index (χ3v) is 5.61. The second-order valence-corrected chi connectivity index (χ2v) is 8.44. The van der Waals surface area contributed by atoms with Gasteiger partial charge < -0.3 is 19.5 Å². The minimum absolute atomic E-state index is 0.0700. The summed E-state index contributed by atoms with van der Waals surface area (Å²) >= 11 is 5.98. The molecule has 0 radical (unpaired) electrons. The van der Waals surface area contributed by atoms with Crippen molar-refractivity contribution in [3.63, 3.8) is 0 Å². The molecule has 3 aromatic rings. The number of rotatable bonds is 7. The maximum atomic E-state index is 14.3. The van der Waals surface area contributed by atoms with Crippen LogP contribution in [0.15, 0.2) is 54.6 Å². The number of hydrogen-bond donors (Lipinski definition) is 1. The maximum Gasteiger partial charge on any atom is 0.431 e. The summed E-state index contributed by atoms with van der Waals surface area (Å²) in [6.07, 6.45) is -5.56. The smallest absolute Gasteiger partial charge is 0.392 e. The third kappa shape index (κ3) is 6.36. The molecule has 10 heteroatoms. The van der Waals surface area contributed by atoms with Crippen molar-refractivity contribution < 1.29 is 27.5 Å². The zero-order chi connectivity index (χ0) is 25.8. The Morgan fingerprint density at radius 2 is 1.71 bits per heavy atom. The van der Waals surface area contributed by atoms with Crippen LogP contribution in [0.5, 0.6) is 5.88 Å². The first-order chi connectivity index (χ1) is 16.5. The summed E-state index contributed by atoms with van der Waals surface area (Å²) in [4.78, 5) is 25.2. The Kier molecular flexibility index (Phi) is 8.11. The Bertz CT molecular complexity index is 1190. The van der Waals surface area contributed by atoms with Gasteiger partial charge in [-0.15, -0.1) is 0 Å². The van der Waals surface area contributed by atoms with E-state index in [1.807, 2.05) is 0 Å². The van der Waals surface area contributed by atoms with Crippen LogP contribution >= 0.6 is 11.6 Å². The average Bonchev–Trinajstić information content (AvgIpc) is 3.05. The number of aromatic nitrogens is 1. The number of benzene rings is 2. The second kappa shape index (κ2) is 10.9. The summed E-state index contributed by atoms with van der Waals surface area (Å²) in [7, 11) is 1.44. The number of hydrogen-bond acceptors (Lipinski definition) is 3. The van der Waals surface area contributed by atoms with Crippen LogP contribution in [0.2, 0.25) is 5.02 Å². The molecule has 0 aliphatic carbocycles. The van der Waals surface area contributed by atoms with Gasteiger partial charge in [-0.3, -0.25) is 4.79 Å². The van der Waals surface area contributed by atoms with E-state index in [0.717, 1.165) is 4.57 Å². The van der Waals surface area contributed by atoms with E-state index in [1.165, 1.54) is 25.8 Å². The predicted octanol–water partition coefficient (Wildman–Crippen LogP) is 5.75. The van der Waals surface area contributed by atoms with Gasteiger partial charge >= 0.3 is 12.3 Å². The van der Waals surface area contributed by atoms with Gasteiger partial charge in [0, 0.05) is 37.6 Å². The fourth-order valence-electron chi connectivity index (χ4n) is 3.71. The molecular formula is C25H25ClF3N3O3. The average molecular weight is 508 g/mol. The van der Waals surface area contributed by atoms with Crippen LogP contribution in [0.3, 0.4) is 0 Å². The quantitative estimate of drug-likeness (QED) is 0.443. The van der Waals surface area contributed by atoms with E-state index < -0.39 is 18.0 Å². The van der Waals surface area contributed by atoms with Crippen molar-refractivity contribution in [1.82, 2.24) is 14.8 Å². The van der Waals surface area contributed by atoms with E-state index in [0.29, 0.717) is 16.1 Å². The predicted molar refractivity (Wildman–Crippen MR) is 127 cm³/mol. The van der Waals surface area contributed by atoms with E-state index in [9.17, 15) is 22.8 Å². The summed E-state index contributed by atoms with van der Waals surface area (Å²) < 4.78 is 49.5. The maximum absolute atomic E-state index is 14.3. The number of carbonyl (C=O) groups is 2. The highest BCUT2D eigenvalue weighted by Gasteiger charge is 2.41. The molecular weight excluding hydrogens is 483 g/mol. The second-order valence-electron chi connectivity index (χ2n) is 8.00. The summed E-state index contributed by atoms with van der Waals surface area (Å²) in [5.74, 6) is -0.489. The van der Waals surface area contributed by atoms with E-state index in [2.05, 4.69) is 5.32 Å². The highest BCUT2D eigenvalue weighted by Crippen LogP contribution is 2.45. The van der Waals surface area contributed by atoms with Crippen molar-refractivity contribution in [3.05, 3.63) is 76.4 Å². The van der Waals surface area contributed by atoms with E-state index in [4.69, 9.17) is 16.3 Å². The number of amides is 2. The minimum atomic E-state index is -4.71. The Morgan fingerprint density at radius 3 is 2.29 bits per heavy atom. The molecule has 0 spiro atoms. The molecule has 0 bridgehead atoms. The number of nitrogens with zero attached hydrogens (tertiary/aromatic N) is 2. The van der Waals surface area contributed by atoms with Crippen molar-refractivity contribution in [2.24, 2.45) is 0 Å². The summed E-state index contributed by atoms with van der Waals surface area (Å²) in [6, 6.07) is 14.9. The van der Waals surface area contributed by atoms with E-state index in [1.54, 1.807) is 54.6 Å². The van der Waals surface area contributed by atoms with Gasteiger partial charge in [0.05, 0.1) is 6.54 Å². The highest BCUT2D eigenvalue weighted by atomic mass is 35.5. The molecule has 6 nitrogen and oxygen atoms in total. The monoisotopic (exact) mass is 507 g/mol. The van der Waals surface area contributed by atoms with Gasteiger partial charge in [-0.05, 0) is 35.7 Å². The largest absolute Gasteiger partial charge is 0.431 e. The molecule has 2 amide bonds. The molecule has 0 atom stereocenters. The van der Waals surface area contributed by atoms with Gasteiger partial charge in [0.1, 0.15) is 5.69 Å². The number of carbonyl (C=O) groups excluding carboxylic acids is 2. The Balaban J connectivity index is 2.13. The lowest BCUT2D eigenvalue weighted by molar-refractivity contribution is -0.144. The van der Waals surface area contributed by atoms with Crippen LogP contribution in [0, 0.1) is 6.92 Å². The summed E-state index contributed by atoms with van der Waals surface area (Å²) in [6.45, 7) is 2.81. The summed E-state index contributed by atoms with van der Waals surface area (Å²) in [5, 5.41) is 2.98. The van der Waals surface area contributed by atoms with E-state index in [-0.39, 0.29) is 42.5 Å². The van der Waals surface area contributed by atoms with Crippen LogP contribution in [-0.4, -0.2) is 41.6 Å². The number of ether oxygens (including phenoxy) is 1. The Labute approximate surface area is 206 Å². The first kappa shape index (κ1) is 26.2. The molecule has 1 aromatic heterocycles. The lowest BCUT2D eigenvalue weighted by atomic mass is 10.0. The first-order valence-electron chi connectivity index (χ1n) is 10.8. The molecule has 0 fully saturated rings. The number of likely N-dealkylation sites (N-methyl/N-ethyl adjacent to an activating group) is 1. The Hall–Kier alpha value is -3.46. The van der Waals surface area contributed by atoms with Gasteiger partial charge in [0.15, 0.2) is 0 Å². The van der Waals surface area contributed by atoms with Gasteiger partial charge in [-0.1, -0.05) is 54.1 Å². The van der Waals surface area contributed by atoms with Crippen molar-refractivity contribution in [1.29, 1.82) is 0 Å². The topological polar surface area (TPSA) is 63.6 Å². The zero-order valence-electron chi connectivity index (χ0n) is 19.4. The third-order valence-electron chi connectivity index (χ3n) is 5.36. The molecule has 0 unspecified atom stereocenters. The van der Waals surface area contributed by atoms with Crippen LogP contribution in [0.4, 0.5) is 18.0 Å². The van der Waals surface area contributed by atoms with Crippen molar-refractivity contribution in [3.8, 4) is 17.0 Å². The molecule has 1 heterocycles.